The number of benzene rings is 1. The van der Waals surface area contributed by atoms with Crippen LogP contribution < -0.4 is 10.6 Å². The Morgan fingerprint density at radius 3 is 2.15 bits per heavy atom. The van der Waals surface area contributed by atoms with Gasteiger partial charge in [-0.1, -0.05) is 13.0 Å². The lowest BCUT2D eigenvalue weighted by atomic mass is 9.73. The van der Waals surface area contributed by atoms with Crippen LogP contribution in [-0.2, 0) is 14.4 Å². The zero-order valence-electron chi connectivity index (χ0n) is 16.7. The summed E-state index contributed by atoms with van der Waals surface area (Å²) in [6.45, 7) is 10.3. The van der Waals surface area contributed by atoms with Gasteiger partial charge < -0.3 is 10.6 Å². The van der Waals surface area contributed by atoms with Gasteiger partial charge in [0.2, 0.25) is 0 Å². The van der Waals surface area contributed by atoms with Crippen LogP contribution in [0.15, 0.2) is 6.07 Å². The highest BCUT2D eigenvalue weighted by molar-refractivity contribution is 7.80. The number of nitrogens with zero attached hydrogens (tertiary/aromatic N) is 1. The van der Waals surface area contributed by atoms with Crippen molar-refractivity contribution in [3.05, 3.63) is 28.3 Å². The molecule has 2 N–H and O–H groups in total. The average Bonchev–Trinajstić information content (AvgIpc) is 2.57. The topological polar surface area (TPSA) is 80.5 Å². The number of thiocarbonyl (C=S) groups is 1. The molecule has 0 amide bonds. The number of hydrogen-bond acceptors (Lipinski definition) is 4. The lowest BCUT2D eigenvalue weighted by molar-refractivity contribution is -0.142. The summed E-state index contributed by atoms with van der Waals surface area (Å²) in [5, 5.41) is 0.294. The van der Waals surface area contributed by atoms with Gasteiger partial charge in [0.05, 0.1) is 0 Å². The number of aryl methyl sites for hydroxylation is 2. The van der Waals surface area contributed by atoms with Crippen molar-refractivity contribution in [3.63, 3.8) is 0 Å². The molecule has 0 unspecified atom stereocenters. The molecule has 1 aliphatic carbocycles. The first kappa shape index (κ1) is 21.2. The van der Waals surface area contributed by atoms with Gasteiger partial charge in [-0.3, -0.25) is 14.4 Å². The maximum absolute atomic E-state index is 12.6. The molecular formula is C21H28N2O3S. The zero-order valence-corrected chi connectivity index (χ0v) is 17.5. The summed E-state index contributed by atoms with van der Waals surface area (Å²) < 4.78 is 0. The number of anilines is 1. The Balaban J connectivity index is 2.51. The quantitative estimate of drug-likeness (QED) is 0.616. The van der Waals surface area contributed by atoms with Crippen molar-refractivity contribution < 1.29 is 14.4 Å². The SMILES string of the molecule is CCC(=O)C1C(=O)CC(c2c(C)cc(C)c(N(CC)C(N)=S)c2C)CC1=O. The molecule has 0 atom stereocenters. The highest BCUT2D eigenvalue weighted by atomic mass is 32.1. The van der Waals surface area contributed by atoms with E-state index >= 15 is 0 Å². The first-order valence-electron chi connectivity index (χ1n) is 9.39. The standard InChI is InChI=1S/C21H28N2O3S/c1-6-15(24)19-16(25)9-14(10-17(19)26)18-11(3)8-12(4)20(13(18)5)23(7-2)21(22)27/h8,14,19H,6-7,9-10H2,1-5H3,(H2,22,27). The van der Waals surface area contributed by atoms with E-state index in [2.05, 4.69) is 6.07 Å². The second-order valence-corrected chi connectivity index (χ2v) is 7.69. The van der Waals surface area contributed by atoms with Crippen LogP contribution in [0.2, 0.25) is 0 Å². The molecule has 2 rings (SSSR count). The summed E-state index contributed by atoms with van der Waals surface area (Å²) in [7, 11) is 0. The molecule has 5 nitrogen and oxygen atoms in total. The molecule has 146 valence electrons. The normalized spacial score (nSPS) is 19.9. The van der Waals surface area contributed by atoms with Crippen LogP contribution in [0.5, 0.6) is 0 Å². The summed E-state index contributed by atoms with van der Waals surface area (Å²) in [6, 6.07) is 2.05. The maximum atomic E-state index is 12.6. The van der Waals surface area contributed by atoms with Crippen molar-refractivity contribution >= 4 is 40.4 Å². The summed E-state index contributed by atoms with van der Waals surface area (Å²) in [6.07, 6.45) is 0.635. The Labute approximate surface area is 166 Å². The van der Waals surface area contributed by atoms with E-state index in [0.717, 1.165) is 27.9 Å². The van der Waals surface area contributed by atoms with Gasteiger partial charge in [0.1, 0.15) is 5.92 Å². The van der Waals surface area contributed by atoms with Gasteiger partial charge in [0.25, 0.3) is 0 Å². The molecule has 0 bridgehead atoms. The molecule has 6 heteroatoms. The molecule has 0 saturated heterocycles. The van der Waals surface area contributed by atoms with Crippen LogP contribution >= 0.6 is 12.2 Å². The van der Waals surface area contributed by atoms with Gasteiger partial charge in [-0.15, -0.1) is 0 Å². The summed E-state index contributed by atoms with van der Waals surface area (Å²) in [5.41, 5.74) is 10.9. The highest BCUT2D eigenvalue weighted by Crippen LogP contribution is 2.40. The maximum Gasteiger partial charge on any atom is 0.170 e. The van der Waals surface area contributed by atoms with Crippen molar-refractivity contribution in [1.29, 1.82) is 0 Å². The van der Waals surface area contributed by atoms with Crippen LogP contribution in [0.3, 0.4) is 0 Å². The van der Waals surface area contributed by atoms with E-state index in [1.807, 2.05) is 32.6 Å². The monoisotopic (exact) mass is 388 g/mol. The molecule has 27 heavy (non-hydrogen) atoms. The third kappa shape index (κ3) is 3.95. The Morgan fingerprint density at radius 1 is 1.15 bits per heavy atom. The number of carbonyl (C=O) groups excluding carboxylic acids is 3. The number of hydrogen-bond donors (Lipinski definition) is 1. The van der Waals surface area contributed by atoms with E-state index in [9.17, 15) is 14.4 Å². The summed E-state index contributed by atoms with van der Waals surface area (Å²) in [4.78, 5) is 39.0. The molecule has 0 aromatic heterocycles. The van der Waals surface area contributed by atoms with E-state index in [1.165, 1.54) is 0 Å². The molecule has 1 saturated carbocycles. The first-order valence-corrected chi connectivity index (χ1v) is 9.80. The predicted octanol–water partition coefficient (Wildman–Crippen LogP) is 3.29. The molecule has 0 heterocycles. The molecular weight excluding hydrogens is 360 g/mol. The molecule has 0 radical (unpaired) electrons. The fraction of sp³-hybridized carbons (Fsp3) is 0.524. The second-order valence-electron chi connectivity index (χ2n) is 7.27. The van der Waals surface area contributed by atoms with Crippen molar-refractivity contribution in [2.75, 3.05) is 11.4 Å². The van der Waals surface area contributed by atoms with Crippen molar-refractivity contribution in [1.82, 2.24) is 0 Å². The molecule has 1 fully saturated rings. The minimum atomic E-state index is -1.07. The highest BCUT2D eigenvalue weighted by Gasteiger charge is 2.40. The van der Waals surface area contributed by atoms with Gasteiger partial charge >= 0.3 is 0 Å². The van der Waals surface area contributed by atoms with E-state index in [-0.39, 0.29) is 42.5 Å². The Bertz CT molecular complexity index is 798. The van der Waals surface area contributed by atoms with Crippen LogP contribution in [0, 0.1) is 26.7 Å². The summed E-state index contributed by atoms with van der Waals surface area (Å²) in [5.74, 6) is -2.07. The average molecular weight is 389 g/mol. The minimum absolute atomic E-state index is 0.207. The second kappa shape index (κ2) is 8.30. The van der Waals surface area contributed by atoms with Crippen molar-refractivity contribution in [3.8, 4) is 0 Å². The third-order valence-corrected chi connectivity index (χ3v) is 5.68. The number of Topliss-reactive ketones (excluding diaryl/α,β-unsaturated/α-hetero) is 3. The number of ketones is 3. The fourth-order valence-corrected chi connectivity index (χ4v) is 4.62. The van der Waals surface area contributed by atoms with Crippen LogP contribution in [0.25, 0.3) is 0 Å². The van der Waals surface area contributed by atoms with Crippen LogP contribution in [0.4, 0.5) is 5.69 Å². The van der Waals surface area contributed by atoms with Gasteiger partial charge in [0, 0.05) is 31.5 Å². The lowest BCUT2D eigenvalue weighted by Crippen LogP contribution is -2.39. The molecule has 1 aromatic carbocycles. The van der Waals surface area contributed by atoms with Gasteiger partial charge in [-0.05, 0) is 68.1 Å². The van der Waals surface area contributed by atoms with Gasteiger partial charge in [0.15, 0.2) is 22.5 Å². The van der Waals surface area contributed by atoms with Crippen molar-refractivity contribution in [2.24, 2.45) is 11.7 Å². The van der Waals surface area contributed by atoms with E-state index in [4.69, 9.17) is 18.0 Å². The summed E-state index contributed by atoms with van der Waals surface area (Å²) >= 11 is 5.20. The smallest absolute Gasteiger partial charge is 0.170 e. The van der Waals surface area contributed by atoms with Crippen LogP contribution in [0.1, 0.15) is 61.3 Å². The number of nitrogens with two attached hydrogens (primary N) is 1. The Hall–Kier alpha value is -2.08. The Kier molecular flexibility index (Phi) is 6.52. The van der Waals surface area contributed by atoms with E-state index in [1.54, 1.807) is 6.92 Å². The van der Waals surface area contributed by atoms with Gasteiger partial charge in [-0.2, -0.15) is 0 Å². The van der Waals surface area contributed by atoms with Crippen LogP contribution in [-0.4, -0.2) is 29.0 Å². The molecule has 1 aromatic rings. The Morgan fingerprint density at radius 2 is 1.70 bits per heavy atom. The predicted molar refractivity (Wildman–Crippen MR) is 111 cm³/mol. The fourth-order valence-electron chi connectivity index (χ4n) is 4.40. The van der Waals surface area contributed by atoms with E-state index < -0.39 is 5.92 Å². The van der Waals surface area contributed by atoms with Crippen molar-refractivity contribution in [2.45, 2.75) is 59.8 Å². The molecule has 0 aliphatic heterocycles. The first-order chi connectivity index (χ1) is 12.6. The lowest BCUT2D eigenvalue weighted by Gasteiger charge is -2.32. The largest absolute Gasteiger partial charge is 0.376 e. The van der Waals surface area contributed by atoms with E-state index in [0.29, 0.717) is 11.7 Å². The zero-order chi connectivity index (χ0) is 20.5. The molecule has 0 spiro atoms. The number of carbonyl (C=O) groups is 3. The molecule has 1 aliphatic rings. The van der Waals surface area contributed by atoms with Gasteiger partial charge in [-0.25, -0.2) is 0 Å². The third-order valence-electron chi connectivity index (χ3n) is 5.46. The number of rotatable bonds is 5. The minimum Gasteiger partial charge on any atom is -0.376 e.